The van der Waals surface area contributed by atoms with Crippen LogP contribution in [0, 0.1) is 11.8 Å². The zero-order valence-electron chi connectivity index (χ0n) is 14.8. The van der Waals surface area contributed by atoms with Crippen LogP contribution in [0.15, 0.2) is 36.0 Å². The largest absolute Gasteiger partial charge is 0.389 e. The van der Waals surface area contributed by atoms with Crippen molar-refractivity contribution in [3.8, 4) is 0 Å². The van der Waals surface area contributed by atoms with Crippen LogP contribution in [0.4, 0.5) is 0 Å². The van der Waals surface area contributed by atoms with Gasteiger partial charge in [-0.3, -0.25) is 0 Å². The predicted octanol–water partition coefficient (Wildman–Crippen LogP) is 4.78. The summed E-state index contributed by atoms with van der Waals surface area (Å²) in [4.78, 5) is 0. The standard InChI is InChI=1S/C20H34O2/c1-15(2)18-10-9-16(3)7-6-8-17(4)13-19(21)14-20(5,22)12-11-18/h11-13,15,18-19,21-22H,3,6-10,14H2,1-2,4-5H3/b12-11+,17-13+/t18-,19+,20?/m1/s1. The summed E-state index contributed by atoms with van der Waals surface area (Å²) < 4.78 is 0. The lowest BCUT2D eigenvalue weighted by atomic mass is 9.86. The molecule has 0 fully saturated rings. The van der Waals surface area contributed by atoms with Gasteiger partial charge in [0.1, 0.15) is 0 Å². The average Bonchev–Trinajstić information content (AvgIpc) is 2.36. The van der Waals surface area contributed by atoms with Gasteiger partial charge in [-0.05, 0) is 57.8 Å². The van der Waals surface area contributed by atoms with Crippen molar-refractivity contribution < 1.29 is 10.2 Å². The molecule has 0 aromatic heterocycles. The van der Waals surface area contributed by atoms with E-state index in [-0.39, 0.29) is 0 Å². The van der Waals surface area contributed by atoms with Crippen molar-refractivity contribution in [2.75, 3.05) is 0 Å². The van der Waals surface area contributed by atoms with Crippen LogP contribution >= 0.6 is 0 Å². The van der Waals surface area contributed by atoms with Crippen LogP contribution in [0.5, 0.6) is 0 Å². The first-order valence-corrected chi connectivity index (χ1v) is 8.63. The predicted molar refractivity (Wildman–Crippen MR) is 94.7 cm³/mol. The van der Waals surface area contributed by atoms with Gasteiger partial charge in [0.2, 0.25) is 0 Å². The Hall–Kier alpha value is -0.860. The fourth-order valence-electron chi connectivity index (χ4n) is 3.06. The highest BCUT2D eigenvalue weighted by Crippen LogP contribution is 2.26. The lowest BCUT2D eigenvalue weighted by Crippen LogP contribution is -2.27. The number of aliphatic hydroxyl groups excluding tert-OH is 1. The van der Waals surface area contributed by atoms with Crippen molar-refractivity contribution in [1.29, 1.82) is 0 Å². The third-order valence-electron chi connectivity index (χ3n) is 4.59. The lowest BCUT2D eigenvalue weighted by molar-refractivity contribution is 0.0565. The Morgan fingerprint density at radius 1 is 1.27 bits per heavy atom. The number of rotatable bonds is 1. The van der Waals surface area contributed by atoms with E-state index in [1.54, 1.807) is 6.92 Å². The van der Waals surface area contributed by atoms with Crippen molar-refractivity contribution in [2.45, 2.75) is 77.9 Å². The summed E-state index contributed by atoms with van der Waals surface area (Å²) in [5, 5.41) is 20.7. The van der Waals surface area contributed by atoms with Crippen LogP contribution in [0.1, 0.15) is 66.2 Å². The van der Waals surface area contributed by atoms with Crippen LogP contribution < -0.4 is 0 Å². The van der Waals surface area contributed by atoms with E-state index in [0.29, 0.717) is 18.3 Å². The molecule has 1 aliphatic rings. The summed E-state index contributed by atoms with van der Waals surface area (Å²) in [5.41, 5.74) is 1.54. The molecule has 0 bridgehead atoms. The van der Waals surface area contributed by atoms with Gasteiger partial charge >= 0.3 is 0 Å². The number of hydrogen-bond acceptors (Lipinski definition) is 2. The molecule has 0 radical (unpaired) electrons. The van der Waals surface area contributed by atoms with Crippen molar-refractivity contribution in [3.05, 3.63) is 36.0 Å². The maximum absolute atomic E-state index is 10.5. The molecule has 0 saturated heterocycles. The Balaban J connectivity index is 2.91. The molecule has 1 aliphatic carbocycles. The Bertz CT molecular complexity index is 415. The Morgan fingerprint density at radius 3 is 2.59 bits per heavy atom. The highest BCUT2D eigenvalue weighted by atomic mass is 16.3. The van der Waals surface area contributed by atoms with Gasteiger partial charge in [0.25, 0.3) is 0 Å². The second-order valence-electron chi connectivity index (χ2n) is 7.55. The van der Waals surface area contributed by atoms with E-state index >= 15 is 0 Å². The van der Waals surface area contributed by atoms with E-state index in [2.05, 4.69) is 33.4 Å². The second kappa shape index (κ2) is 8.69. The molecule has 2 N–H and O–H groups in total. The van der Waals surface area contributed by atoms with Crippen LogP contribution in [0.25, 0.3) is 0 Å². The highest BCUT2D eigenvalue weighted by Gasteiger charge is 2.22. The van der Waals surface area contributed by atoms with Gasteiger partial charge in [0, 0.05) is 6.42 Å². The van der Waals surface area contributed by atoms with E-state index in [1.807, 2.05) is 12.2 Å². The lowest BCUT2D eigenvalue weighted by Gasteiger charge is -2.24. The minimum Gasteiger partial charge on any atom is -0.389 e. The Labute approximate surface area is 136 Å². The monoisotopic (exact) mass is 306 g/mol. The molecule has 0 heterocycles. The summed E-state index contributed by atoms with van der Waals surface area (Å²) in [6, 6.07) is 0. The Kier molecular flexibility index (Phi) is 7.58. The maximum Gasteiger partial charge on any atom is 0.0827 e. The number of allylic oxidation sites excluding steroid dienone is 3. The summed E-state index contributed by atoms with van der Waals surface area (Å²) in [7, 11) is 0. The minimum absolute atomic E-state index is 0.346. The van der Waals surface area contributed by atoms with E-state index < -0.39 is 11.7 Å². The summed E-state index contributed by atoms with van der Waals surface area (Å²) in [6.07, 6.45) is 10.9. The quantitative estimate of drug-likeness (QED) is 0.684. The highest BCUT2D eigenvalue weighted by molar-refractivity contribution is 5.09. The first-order chi connectivity index (χ1) is 10.2. The van der Waals surface area contributed by atoms with E-state index in [9.17, 15) is 10.2 Å². The molecule has 2 heteroatoms. The van der Waals surface area contributed by atoms with Gasteiger partial charge in [0.15, 0.2) is 0 Å². The molecule has 3 atom stereocenters. The number of hydrogen-bond donors (Lipinski definition) is 2. The fraction of sp³-hybridized carbons (Fsp3) is 0.700. The van der Waals surface area contributed by atoms with Crippen molar-refractivity contribution in [1.82, 2.24) is 0 Å². The average molecular weight is 306 g/mol. The number of aliphatic hydroxyl groups is 2. The van der Waals surface area contributed by atoms with Gasteiger partial charge < -0.3 is 10.2 Å². The fourth-order valence-corrected chi connectivity index (χ4v) is 3.06. The van der Waals surface area contributed by atoms with Crippen LogP contribution in [0.3, 0.4) is 0 Å². The normalized spacial score (nSPS) is 36.5. The Morgan fingerprint density at radius 2 is 1.95 bits per heavy atom. The van der Waals surface area contributed by atoms with Gasteiger partial charge in [-0.2, -0.15) is 0 Å². The molecule has 0 amide bonds. The third-order valence-corrected chi connectivity index (χ3v) is 4.59. The maximum atomic E-state index is 10.5. The molecule has 1 unspecified atom stereocenters. The molecule has 2 nitrogen and oxygen atoms in total. The van der Waals surface area contributed by atoms with Gasteiger partial charge in [-0.25, -0.2) is 0 Å². The van der Waals surface area contributed by atoms with Crippen molar-refractivity contribution in [3.63, 3.8) is 0 Å². The summed E-state index contributed by atoms with van der Waals surface area (Å²) in [5.74, 6) is 0.986. The van der Waals surface area contributed by atoms with Crippen LogP contribution in [0.2, 0.25) is 0 Å². The zero-order valence-corrected chi connectivity index (χ0v) is 14.8. The molecule has 0 spiro atoms. The third kappa shape index (κ3) is 7.42. The van der Waals surface area contributed by atoms with Gasteiger partial charge in [-0.1, -0.05) is 49.8 Å². The second-order valence-corrected chi connectivity index (χ2v) is 7.55. The molecule has 0 aromatic rings. The molecule has 1 rings (SSSR count). The van der Waals surface area contributed by atoms with Gasteiger partial charge in [0.05, 0.1) is 11.7 Å². The zero-order chi connectivity index (χ0) is 16.8. The van der Waals surface area contributed by atoms with Gasteiger partial charge in [-0.15, -0.1) is 0 Å². The SMILES string of the molecule is C=C1CCC/C(C)=C/[C@H](O)CC(C)(O)/C=C/[C@H](C(C)C)CC1. The van der Waals surface area contributed by atoms with E-state index in [0.717, 1.165) is 32.1 Å². The first-order valence-electron chi connectivity index (χ1n) is 8.63. The summed E-state index contributed by atoms with van der Waals surface area (Å²) in [6.45, 7) is 12.5. The molecular weight excluding hydrogens is 272 g/mol. The van der Waals surface area contributed by atoms with Crippen LogP contribution in [-0.4, -0.2) is 21.9 Å². The summed E-state index contributed by atoms with van der Waals surface area (Å²) >= 11 is 0. The smallest absolute Gasteiger partial charge is 0.0827 e. The van der Waals surface area contributed by atoms with E-state index in [1.165, 1.54) is 11.1 Å². The van der Waals surface area contributed by atoms with Crippen molar-refractivity contribution in [2.24, 2.45) is 11.8 Å². The molecule has 0 aliphatic heterocycles. The molecule has 0 aromatic carbocycles. The topological polar surface area (TPSA) is 40.5 Å². The molecular formula is C20H34O2. The van der Waals surface area contributed by atoms with E-state index in [4.69, 9.17) is 0 Å². The molecule has 126 valence electrons. The molecule has 0 saturated carbocycles. The molecule has 22 heavy (non-hydrogen) atoms. The minimum atomic E-state index is -0.968. The first kappa shape index (κ1) is 19.2. The van der Waals surface area contributed by atoms with Crippen LogP contribution in [-0.2, 0) is 0 Å². The van der Waals surface area contributed by atoms with Crippen molar-refractivity contribution >= 4 is 0 Å².